The molecule has 1 aliphatic rings. The van der Waals surface area contributed by atoms with Crippen molar-refractivity contribution >= 4 is 17.2 Å². The molecule has 3 heteroatoms. The van der Waals surface area contributed by atoms with Crippen LogP contribution >= 0.6 is 12.2 Å². The SMILES string of the molecule is CCC1CCCCN1C(C(N)=S)c1cccc(C)c1. The molecule has 2 atom stereocenters. The number of nitrogens with zero attached hydrogens (tertiary/aromatic N) is 1. The standard InChI is InChI=1S/C16H24N2S/c1-3-14-9-4-5-10-18(14)15(16(17)19)13-8-6-7-12(2)11-13/h6-8,11,14-15H,3-5,9-10H2,1-2H3,(H2,17,19). The number of benzene rings is 1. The van der Waals surface area contributed by atoms with E-state index < -0.39 is 0 Å². The highest BCUT2D eigenvalue weighted by Crippen LogP contribution is 2.30. The number of piperidine rings is 1. The van der Waals surface area contributed by atoms with Crippen LogP contribution in [0.25, 0.3) is 0 Å². The fourth-order valence-electron chi connectivity index (χ4n) is 3.16. The van der Waals surface area contributed by atoms with E-state index in [0.717, 1.165) is 6.54 Å². The van der Waals surface area contributed by atoms with E-state index in [1.54, 1.807) is 0 Å². The van der Waals surface area contributed by atoms with E-state index in [2.05, 4.69) is 43.0 Å². The van der Waals surface area contributed by atoms with Crippen LogP contribution in [0.5, 0.6) is 0 Å². The van der Waals surface area contributed by atoms with Gasteiger partial charge < -0.3 is 5.73 Å². The molecule has 0 spiro atoms. The first-order valence-corrected chi connectivity index (χ1v) is 7.66. The van der Waals surface area contributed by atoms with Crippen molar-refractivity contribution in [2.45, 2.75) is 51.6 Å². The maximum absolute atomic E-state index is 6.06. The molecule has 1 aromatic carbocycles. The lowest BCUT2D eigenvalue weighted by Gasteiger charge is -2.40. The van der Waals surface area contributed by atoms with Crippen molar-refractivity contribution in [2.75, 3.05) is 6.54 Å². The van der Waals surface area contributed by atoms with Gasteiger partial charge in [-0.1, -0.05) is 55.4 Å². The summed E-state index contributed by atoms with van der Waals surface area (Å²) in [6.45, 7) is 5.48. The lowest BCUT2D eigenvalue weighted by atomic mass is 9.94. The molecule has 0 bridgehead atoms. The summed E-state index contributed by atoms with van der Waals surface area (Å²) in [7, 11) is 0. The van der Waals surface area contributed by atoms with Crippen LogP contribution in [0.15, 0.2) is 24.3 Å². The van der Waals surface area contributed by atoms with Crippen molar-refractivity contribution < 1.29 is 0 Å². The van der Waals surface area contributed by atoms with Gasteiger partial charge in [0.1, 0.15) is 0 Å². The Morgan fingerprint density at radius 2 is 2.26 bits per heavy atom. The summed E-state index contributed by atoms with van der Waals surface area (Å²) in [6.07, 6.45) is 5.01. The van der Waals surface area contributed by atoms with E-state index in [1.165, 1.54) is 36.8 Å². The molecule has 0 aromatic heterocycles. The topological polar surface area (TPSA) is 29.3 Å². The predicted molar refractivity (Wildman–Crippen MR) is 85.3 cm³/mol. The maximum atomic E-state index is 6.06. The van der Waals surface area contributed by atoms with Crippen LogP contribution in [0, 0.1) is 6.92 Å². The molecule has 104 valence electrons. The Morgan fingerprint density at radius 3 is 2.89 bits per heavy atom. The van der Waals surface area contributed by atoms with Gasteiger partial charge in [0.2, 0.25) is 0 Å². The third-order valence-electron chi connectivity index (χ3n) is 4.10. The fourth-order valence-corrected chi connectivity index (χ4v) is 3.43. The Kier molecular flexibility index (Phi) is 4.94. The van der Waals surface area contributed by atoms with Crippen molar-refractivity contribution in [3.63, 3.8) is 0 Å². The summed E-state index contributed by atoms with van der Waals surface area (Å²) in [5.41, 5.74) is 8.57. The highest BCUT2D eigenvalue weighted by Gasteiger charge is 2.30. The van der Waals surface area contributed by atoms with E-state index in [1.807, 2.05) is 0 Å². The summed E-state index contributed by atoms with van der Waals surface area (Å²) >= 11 is 5.36. The lowest BCUT2D eigenvalue weighted by molar-refractivity contribution is 0.122. The third kappa shape index (κ3) is 3.34. The number of hydrogen-bond donors (Lipinski definition) is 1. The molecule has 19 heavy (non-hydrogen) atoms. The molecule has 2 unspecified atom stereocenters. The monoisotopic (exact) mass is 276 g/mol. The number of thiocarbonyl (C=S) groups is 1. The first-order chi connectivity index (χ1) is 9.13. The van der Waals surface area contributed by atoms with Crippen molar-refractivity contribution in [3.8, 4) is 0 Å². The lowest BCUT2D eigenvalue weighted by Crippen LogP contribution is -2.46. The van der Waals surface area contributed by atoms with Gasteiger partial charge in [-0.25, -0.2) is 0 Å². The average Bonchev–Trinajstić information content (AvgIpc) is 2.39. The molecule has 0 saturated carbocycles. The normalized spacial score (nSPS) is 22.1. The van der Waals surface area contributed by atoms with Gasteiger partial charge in [-0.05, 0) is 38.3 Å². The van der Waals surface area contributed by atoms with Crippen molar-refractivity contribution in [1.29, 1.82) is 0 Å². The number of hydrogen-bond acceptors (Lipinski definition) is 2. The molecule has 2 N–H and O–H groups in total. The van der Waals surface area contributed by atoms with Crippen molar-refractivity contribution in [2.24, 2.45) is 5.73 Å². The molecular weight excluding hydrogens is 252 g/mol. The minimum absolute atomic E-state index is 0.0974. The summed E-state index contributed by atoms with van der Waals surface area (Å²) in [6, 6.07) is 9.29. The maximum Gasteiger partial charge on any atom is 0.0948 e. The number of aryl methyl sites for hydroxylation is 1. The van der Waals surface area contributed by atoms with Crippen molar-refractivity contribution in [3.05, 3.63) is 35.4 Å². The van der Waals surface area contributed by atoms with E-state index >= 15 is 0 Å². The van der Waals surface area contributed by atoms with Crippen LogP contribution in [0.4, 0.5) is 0 Å². The second kappa shape index (κ2) is 6.49. The van der Waals surface area contributed by atoms with Crippen LogP contribution in [0.2, 0.25) is 0 Å². The minimum atomic E-state index is 0.0974. The predicted octanol–water partition coefficient (Wildman–Crippen LogP) is 3.59. The summed E-state index contributed by atoms with van der Waals surface area (Å²) in [5, 5.41) is 0. The largest absolute Gasteiger partial charge is 0.392 e. The molecule has 1 fully saturated rings. The molecule has 0 amide bonds. The highest BCUT2D eigenvalue weighted by molar-refractivity contribution is 7.80. The van der Waals surface area contributed by atoms with Crippen LogP contribution in [-0.4, -0.2) is 22.5 Å². The van der Waals surface area contributed by atoms with Gasteiger partial charge in [0.25, 0.3) is 0 Å². The number of rotatable bonds is 4. The molecule has 2 rings (SSSR count). The molecule has 1 aromatic rings. The molecule has 0 aliphatic carbocycles. The van der Waals surface area contributed by atoms with Crippen LogP contribution in [0.1, 0.15) is 49.8 Å². The molecule has 0 radical (unpaired) electrons. The zero-order valence-corrected chi connectivity index (χ0v) is 12.7. The molecule has 1 saturated heterocycles. The van der Waals surface area contributed by atoms with Gasteiger partial charge in [0, 0.05) is 6.04 Å². The Labute approximate surface area is 122 Å². The molecular formula is C16H24N2S. The zero-order chi connectivity index (χ0) is 13.8. The van der Waals surface area contributed by atoms with Gasteiger partial charge in [0.05, 0.1) is 11.0 Å². The third-order valence-corrected chi connectivity index (χ3v) is 4.33. The Bertz CT molecular complexity index is 444. The second-order valence-electron chi connectivity index (χ2n) is 5.51. The Hall–Kier alpha value is -0.930. The summed E-state index contributed by atoms with van der Waals surface area (Å²) in [4.78, 5) is 3.12. The van der Waals surface area contributed by atoms with E-state index in [9.17, 15) is 0 Å². The fraction of sp³-hybridized carbons (Fsp3) is 0.562. The smallest absolute Gasteiger partial charge is 0.0948 e. The quantitative estimate of drug-likeness (QED) is 0.852. The van der Waals surface area contributed by atoms with Crippen LogP contribution in [-0.2, 0) is 0 Å². The highest BCUT2D eigenvalue weighted by atomic mass is 32.1. The van der Waals surface area contributed by atoms with Gasteiger partial charge in [-0.3, -0.25) is 4.90 Å². The average molecular weight is 276 g/mol. The second-order valence-corrected chi connectivity index (χ2v) is 5.99. The zero-order valence-electron chi connectivity index (χ0n) is 11.9. The first-order valence-electron chi connectivity index (χ1n) is 7.25. The van der Waals surface area contributed by atoms with Gasteiger partial charge in [-0.2, -0.15) is 0 Å². The Balaban J connectivity index is 2.31. The number of likely N-dealkylation sites (tertiary alicyclic amines) is 1. The van der Waals surface area contributed by atoms with Crippen molar-refractivity contribution in [1.82, 2.24) is 4.90 Å². The van der Waals surface area contributed by atoms with E-state index in [4.69, 9.17) is 18.0 Å². The van der Waals surface area contributed by atoms with Gasteiger partial charge >= 0.3 is 0 Å². The Morgan fingerprint density at radius 1 is 1.47 bits per heavy atom. The molecule has 1 heterocycles. The summed E-state index contributed by atoms with van der Waals surface area (Å²) in [5.74, 6) is 0. The van der Waals surface area contributed by atoms with Crippen LogP contribution in [0.3, 0.4) is 0 Å². The van der Waals surface area contributed by atoms with Crippen LogP contribution < -0.4 is 5.73 Å². The molecule has 2 nitrogen and oxygen atoms in total. The summed E-state index contributed by atoms with van der Waals surface area (Å²) < 4.78 is 0. The van der Waals surface area contributed by atoms with Gasteiger partial charge in [-0.15, -0.1) is 0 Å². The van der Waals surface area contributed by atoms with E-state index in [0.29, 0.717) is 11.0 Å². The van der Waals surface area contributed by atoms with E-state index in [-0.39, 0.29) is 6.04 Å². The number of nitrogens with two attached hydrogens (primary N) is 1. The molecule has 1 aliphatic heterocycles. The minimum Gasteiger partial charge on any atom is -0.392 e. The van der Waals surface area contributed by atoms with Gasteiger partial charge in [0.15, 0.2) is 0 Å². The first kappa shape index (κ1) is 14.5.